The molecule has 1 fully saturated rings. The van der Waals surface area contributed by atoms with Crippen molar-refractivity contribution in [1.82, 2.24) is 9.97 Å². The SMILES string of the molecule is CC1CCCN(c2ncnc(NCc3ccc4c(c3)OCO4)c2N)C1. The molecule has 1 aromatic carbocycles. The van der Waals surface area contributed by atoms with Crippen molar-refractivity contribution in [3.05, 3.63) is 30.1 Å². The maximum Gasteiger partial charge on any atom is 0.231 e. The number of aromatic nitrogens is 2. The summed E-state index contributed by atoms with van der Waals surface area (Å²) in [4.78, 5) is 11.0. The van der Waals surface area contributed by atoms with Gasteiger partial charge in [-0.25, -0.2) is 9.97 Å². The Labute approximate surface area is 147 Å². The van der Waals surface area contributed by atoms with Gasteiger partial charge in [-0.05, 0) is 36.5 Å². The van der Waals surface area contributed by atoms with Crippen LogP contribution in [0.15, 0.2) is 24.5 Å². The van der Waals surface area contributed by atoms with Crippen molar-refractivity contribution in [2.24, 2.45) is 5.92 Å². The number of hydrogen-bond acceptors (Lipinski definition) is 7. The fourth-order valence-corrected chi connectivity index (χ4v) is 3.40. The number of hydrogen-bond donors (Lipinski definition) is 2. The van der Waals surface area contributed by atoms with Crippen LogP contribution in [-0.4, -0.2) is 29.9 Å². The Kier molecular flexibility index (Phi) is 4.21. The molecule has 2 aliphatic heterocycles. The van der Waals surface area contributed by atoms with Crippen LogP contribution in [0.3, 0.4) is 0 Å². The molecule has 132 valence electrons. The van der Waals surface area contributed by atoms with Gasteiger partial charge < -0.3 is 25.4 Å². The standard InChI is InChI=1S/C18H23N5O2/c1-12-3-2-6-23(9-12)18-16(19)17(21-10-22-18)20-8-13-4-5-14-15(7-13)25-11-24-14/h4-5,7,10,12H,2-3,6,8-9,11,19H2,1H3,(H,20,21,22). The molecule has 0 aliphatic carbocycles. The number of nitrogens with two attached hydrogens (primary N) is 1. The topological polar surface area (TPSA) is 85.5 Å². The Morgan fingerprint density at radius 2 is 2.16 bits per heavy atom. The van der Waals surface area contributed by atoms with Crippen LogP contribution in [-0.2, 0) is 6.54 Å². The van der Waals surface area contributed by atoms with Crippen molar-refractivity contribution >= 4 is 17.3 Å². The maximum absolute atomic E-state index is 6.34. The summed E-state index contributed by atoms with van der Waals surface area (Å²) in [5.41, 5.74) is 8.03. The molecule has 2 aromatic rings. The van der Waals surface area contributed by atoms with E-state index >= 15 is 0 Å². The molecule has 0 radical (unpaired) electrons. The van der Waals surface area contributed by atoms with E-state index in [1.165, 1.54) is 12.8 Å². The smallest absolute Gasteiger partial charge is 0.231 e. The minimum Gasteiger partial charge on any atom is -0.454 e. The van der Waals surface area contributed by atoms with E-state index in [0.717, 1.165) is 36.0 Å². The van der Waals surface area contributed by atoms with Gasteiger partial charge in [0.1, 0.15) is 12.0 Å². The highest BCUT2D eigenvalue weighted by Crippen LogP contribution is 2.33. The number of anilines is 3. The average molecular weight is 341 g/mol. The first-order valence-corrected chi connectivity index (χ1v) is 8.68. The molecule has 4 rings (SSSR count). The normalized spacial score (nSPS) is 19.1. The second-order valence-corrected chi connectivity index (χ2v) is 6.69. The van der Waals surface area contributed by atoms with Crippen molar-refractivity contribution in [2.45, 2.75) is 26.3 Å². The average Bonchev–Trinajstić information content (AvgIpc) is 3.08. The van der Waals surface area contributed by atoms with Crippen molar-refractivity contribution in [3.63, 3.8) is 0 Å². The Morgan fingerprint density at radius 1 is 1.28 bits per heavy atom. The molecule has 25 heavy (non-hydrogen) atoms. The highest BCUT2D eigenvalue weighted by Gasteiger charge is 2.21. The Bertz CT molecular complexity index is 767. The second kappa shape index (κ2) is 6.66. The number of benzene rings is 1. The van der Waals surface area contributed by atoms with E-state index in [0.29, 0.717) is 24.0 Å². The lowest BCUT2D eigenvalue weighted by molar-refractivity contribution is 0.174. The van der Waals surface area contributed by atoms with E-state index in [-0.39, 0.29) is 6.79 Å². The van der Waals surface area contributed by atoms with Crippen LogP contribution < -0.4 is 25.4 Å². The van der Waals surface area contributed by atoms with Gasteiger partial charge in [-0.15, -0.1) is 0 Å². The van der Waals surface area contributed by atoms with Crippen molar-refractivity contribution < 1.29 is 9.47 Å². The van der Waals surface area contributed by atoms with E-state index in [1.54, 1.807) is 6.33 Å². The molecule has 0 bridgehead atoms. The molecule has 0 spiro atoms. The Morgan fingerprint density at radius 3 is 3.04 bits per heavy atom. The van der Waals surface area contributed by atoms with Crippen LogP contribution in [0.1, 0.15) is 25.3 Å². The van der Waals surface area contributed by atoms with Gasteiger partial charge in [0, 0.05) is 19.6 Å². The third kappa shape index (κ3) is 3.26. The minimum absolute atomic E-state index is 0.280. The Balaban J connectivity index is 1.48. The van der Waals surface area contributed by atoms with Gasteiger partial charge in [-0.2, -0.15) is 0 Å². The minimum atomic E-state index is 0.280. The van der Waals surface area contributed by atoms with Gasteiger partial charge >= 0.3 is 0 Å². The number of fused-ring (bicyclic) bond motifs is 1. The first-order chi connectivity index (χ1) is 12.2. The lowest BCUT2D eigenvalue weighted by Crippen LogP contribution is -2.35. The van der Waals surface area contributed by atoms with Crippen LogP contribution in [0.25, 0.3) is 0 Å². The summed E-state index contributed by atoms with van der Waals surface area (Å²) in [6.07, 6.45) is 4.01. The highest BCUT2D eigenvalue weighted by molar-refractivity contribution is 5.75. The van der Waals surface area contributed by atoms with E-state index in [9.17, 15) is 0 Å². The summed E-state index contributed by atoms with van der Waals surface area (Å²) in [6, 6.07) is 5.90. The van der Waals surface area contributed by atoms with E-state index in [2.05, 4.69) is 27.1 Å². The van der Waals surface area contributed by atoms with Crippen LogP contribution >= 0.6 is 0 Å². The van der Waals surface area contributed by atoms with Crippen LogP contribution in [0.2, 0.25) is 0 Å². The lowest BCUT2D eigenvalue weighted by atomic mass is 10.0. The number of ether oxygens (including phenoxy) is 2. The maximum atomic E-state index is 6.34. The zero-order valence-corrected chi connectivity index (χ0v) is 14.4. The van der Waals surface area contributed by atoms with E-state index < -0.39 is 0 Å². The third-order valence-electron chi connectivity index (χ3n) is 4.72. The van der Waals surface area contributed by atoms with Crippen molar-refractivity contribution in [2.75, 3.05) is 35.8 Å². The van der Waals surface area contributed by atoms with Crippen LogP contribution in [0, 0.1) is 5.92 Å². The predicted octanol–water partition coefficient (Wildman–Crippen LogP) is 2.64. The molecule has 3 heterocycles. The zero-order chi connectivity index (χ0) is 17.2. The number of rotatable bonds is 4. The van der Waals surface area contributed by atoms with Crippen LogP contribution in [0.5, 0.6) is 11.5 Å². The zero-order valence-electron chi connectivity index (χ0n) is 14.4. The van der Waals surface area contributed by atoms with Gasteiger partial charge in [-0.1, -0.05) is 13.0 Å². The lowest BCUT2D eigenvalue weighted by Gasteiger charge is -2.32. The summed E-state index contributed by atoms with van der Waals surface area (Å²) < 4.78 is 10.8. The van der Waals surface area contributed by atoms with Crippen LogP contribution in [0.4, 0.5) is 17.3 Å². The molecule has 1 unspecified atom stereocenters. The molecule has 0 saturated carbocycles. The fourth-order valence-electron chi connectivity index (χ4n) is 3.40. The Hall–Kier alpha value is -2.70. The van der Waals surface area contributed by atoms with Gasteiger partial charge in [-0.3, -0.25) is 0 Å². The third-order valence-corrected chi connectivity index (χ3v) is 4.72. The molecule has 1 aromatic heterocycles. The molecular weight excluding hydrogens is 318 g/mol. The molecular formula is C18H23N5O2. The number of nitrogens with one attached hydrogen (secondary N) is 1. The van der Waals surface area contributed by atoms with Crippen molar-refractivity contribution in [1.29, 1.82) is 0 Å². The first kappa shape index (κ1) is 15.8. The van der Waals surface area contributed by atoms with Gasteiger partial charge in [0.2, 0.25) is 6.79 Å². The molecule has 1 saturated heterocycles. The van der Waals surface area contributed by atoms with Crippen molar-refractivity contribution in [3.8, 4) is 11.5 Å². The van der Waals surface area contributed by atoms with E-state index in [4.69, 9.17) is 15.2 Å². The number of piperidine rings is 1. The molecule has 2 aliphatic rings. The van der Waals surface area contributed by atoms with Gasteiger partial charge in [0.05, 0.1) is 0 Å². The molecule has 3 N–H and O–H groups in total. The molecule has 0 amide bonds. The summed E-state index contributed by atoms with van der Waals surface area (Å²) in [5.74, 6) is 3.72. The monoisotopic (exact) mass is 341 g/mol. The first-order valence-electron chi connectivity index (χ1n) is 8.68. The van der Waals surface area contributed by atoms with Gasteiger partial charge in [0.25, 0.3) is 0 Å². The number of nitrogens with zero attached hydrogens (tertiary/aromatic N) is 3. The summed E-state index contributed by atoms with van der Waals surface area (Å²) in [7, 11) is 0. The molecule has 1 atom stereocenters. The van der Waals surface area contributed by atoms with Gasteiger partial charge in [0.15, 0.2) is 23.1 Å². The summed E-state index contributed by atoms with van der Waals surface area (Å²) in [5, 5.41) is 3.31. The number of nitrogen functional groups attached to an aromatic ring is 1. The molecule has 7 nitrogen and oxygen atoms in total. The second-order valence-electron chi connectivity index (χ2n) is 6.69. The summed E-state index contributed by atoms with van der Waals surface area (Å²) in [6.45, 7) is 5.13. The predicted molar refractivity (Wildman–Crippen MR) is 96.9 cm³/mol. The highest BCUT2D eigenvalue weighted by atomic mass is 16.7. The fraction of sp³-hybridized carbons (Fsp3) is 0.444. The quantitative estimate of drug-likeness (QED) is 0.884. The van der Waals surface area contributed by atoms with E-state index in [1.807, 2.05) is 18.2 Å². The summed E-state index contributed by atoms with van der Waals surface area (Å²) >= 11 is 0. The largest absolute Gasteiger partial charge is 0.454 e. The molecule has 7 heteroatoms.